The third-order valence-electron chi connectivity index (χ3n) is 5.54. The van der Waals surface area contributed by atoms with Gasteiger partial charge >= 0.3 is 0 Å². The van der Waals surface area contributed by atoms with Crippen molar-refractivity contribution in [3.8, 4) is 11.5 Å². The highest BCUT2D eigenvalue weighted by atomic mass is 16.5. The fourth-order valence-corrected chi connectivity index (χ4v) is 3.86. The van der Waals surface area contributed by atoms with Gasteiger partial charge in [0.25, 0.3) is 5.91 Å². The second-order valence-electron chi connectivity index (χ2n) is 7.48. The molecule has 1 aromatic heterocycles. The Kier molecular flexibility index (Phi) is 6.40. The zero-order chi connectivity index (χ0) is 22.5. The van der Waals surface area contributed by atoms with E-state index < -0.39 is 0 Å². The lowest BCUT2D eigenvalue weighted by Gasteiger charge is -2.10. The summed E-state index contributed by atoms with van der Waals surface area (Å²) in [5.74, 6) is 2.01. The molecule has 4 aromatic rings. The van der Waals surface area contributed by atoms with Crippen molar-refractivity contribution in [3.05, 3.63) is 83.7 Å². The maximum atomic E-state index is 12.6. The highest BCUT2D eigenvalue weighted by Crippen LogP contribution is 2.28. The Balaban J connectivity index is 1.41. The first-order valence-corrected chi connectivity index (χ1v) is 10.7. The normalized spacial score (nSPS) is 10.8. The van der Waals surface area contributed by atoms with Crippen LogP contribution in [0, 0.1) is 0 Å². The van der Waals surface area contributed by atoms with Gasteiger partial charge in [-0.15, -0.1) is 0 Å². The molecule has 0 aliphatic rings. The van der Waals surface area contributed by atoms with E-state index in [9.17, 15) is 4.79 Å². The molecule has 164 valence electrons. The molecular weight excluding hydrogens is 402 g/mol. The van der Waals surface area contributed by atoms with Crippen LogP contribution in [0.15, 0.2) is 66.7 Å². The van der Waals surface area contributed by atoms with Crippen LogP contribution in [0.3, 0.4) is 0 Å². The Bertz CT molecular complexity index is 1230. The number of methoxy groups -OCH3 is 2. The molecule has 1 heterocycles. The van der Waals surface area contributed by atoms with E-state index in [1.165, 1.54) is 11.1 Å². The zero-order valence-electron chi connectivity index (χ0n) is 18.6. The molecule has 6 heteroatoms. The van der Waals surface area contributed by atoms with Gasteiger partial charge in [-0.2, -0.15) is 0 Å². The Morgan fingerprint density at radius 3 is 2.41 bits per heavy atom. The standard InChI is InChI=1S/C26H27N3O3/c1-4-29-22-8-6-5-7-21(22)28-25(29)16-11-18-9-13-20(14-10-18)27-26(30)19-12-15-23(31-2)24(17-19)32-3/h5-10,12-15,17H,4,11,16H2,1-3H3,(H,27,30). The molecule has 0 saturated carbocycles. The van der Waals surface area contributed by atoms with Crippen LogP contribution < -0.4 is 14.8 Å². The number of hydrogen-bond donors (Lipinski definition) is 1. The van der Waals surface area contributed by atoms with Crippen molar-refractivity contribution < 1.29 is 14.3 Å². The molecule has 4 rings (SSSR count). The van der Waals surface area contributed by atoms with E-state index in [0.717, 1.165) is 36.4 Å². The topological polar surface area (TPSA) is 65.4 Å². The first-order chi connectivity index (χ1) is 15.6. The van der Waals surface area contributed by atoms with Crippen LogP contribution in [-0.2, 0) is 19.4 Å². The number of aryl methyl sites for hydroxylation is 3. The number of anilines is 1. The number of benzene rings is 3. The summed E-state index contributed by atoms with van der Waals surface area (Å²) in [5, 5.41) is 2.93. The van der Waals surface area contributed by atoms with E-state index in [0.29, 0.717) is 17.1 Å². The van der Waals surface area contributed by atoms with Gasteiger partial charge in [0.2, 0.25) is 0 Å². The number of carbonyl (C=O) groups excluding carboxylic acids is 1. The average Bonchev–Trinajstić information content (AvgIpc) is 3.20. The third kappa shape index (κ3) is 4.44. The minimum atomic E-state index is -0.199. The van der Waals surface area contributed by atoms with E-state index in [1.54, 1.807) is 32.4 Å². The van der Waals surface area contributed by atoms with Crippen LogP contribution in [0.4, 0.5) is 5.69 Å². The van der Waals surface area contributed by atoms with Crippen LogP contribution >= 0.6 is 0 Å². The van der Waals surface area contributed by atoms with Crippen molar-refractivity contribution >= 4 is 22.6 Å². The summed E-state index contributed by atoms with van der Waals surface area (Å²) in [6, 6.07) is 21.3. The van der Waals surface area contributed by atoms with Crippen LogP contribution in [0.25, 0.3) is 11.0 Å². The summed E-state index contributed by atoms with van der Waals surface area (Å²) in [6.07, 6.45) is 1.74. The molecule has 0 bridgehead atoms. The Labute approximate surface area is 187 Å². The minimum Gasteiger partial charge on any atom is -0.493 e. The lowest BCUT2D eigenvalue weighted by molar-refractivity contribution is 0.102. The number of ether oxygens (including phenoxy) is 2. The molecule has 0 spiro atoms. The van der Waals surface area contributed by atoms with Crippen LogP contribution in [0.1, 0.15) is 28.7 Å². The average molecular weight is 430 g/mol. The van der Waals surface area contributed by atoms with E-state index in [4.69, 9.17) is 14.5 Å². The van der Waals surface area contributed by atoms with Crippen LogP contribution in [-0.4, -0.2) is 29.7 Å². The Morgan fingerprint density at radius 2 is 1.69 bits per heavy atom. The van der Waals surface area contributed by atoms with Gasteiger partial charge in [-0.1, -0.05) is 24.3 Å². The largest absolute Gasteiger partial charge is 0.493 e. The van der Waals surface area contributed by atoms with Gasteiger partial charge in [-0.25, -0.2) is 4.98 Å². The lowest BCUT2D eigenvalue weighted by Crippen LogP contribution is -2.12. The minimum absolute atomic E-state index is 0.199. The summed E-state index contributed by atoms with van der Waals surface area (Å²) in [5.41, 5.74) is 4.67. The molecule has 1 amide bonds. The number of carbonyl (C=O) groups is 1. The molecule has 32 heavy (non-hydrogen) atoms. The van der Waals surface area contributed by atoms with Gasteiger partial charge < -0.3 is 19.4 Å². The van der Waals surface area contributed by atoms with E-state index in [-0.39, 0.29) is 5.91 Å². The van der Waals surface area contributed by atoms with Gasteiger partial charge in [-0.3, -0.25) is 4.79 Å². The highest BCUT2D eigenvalue weighted by molar-refractivity contribution is 6.04. The van der Waals surface area contributed by atoms with Crippen LogP contribution in [0.5, 0.6) is 11.5 Å². The molecule has 1 N–H and O–H groups in total. The summed E-state index contributed by atoms with van der Waals surface area (Å²) in [4.78, 5) is 17.4. The Hall–Kier alpha value is -3.80. The first kappa shape index (κ1) is 21.4. The molecule has 0 radical (unpaired) electrons. The number of hydrogen-bond acceptors (Lipinski definition) is 4. The highest BCUT2D eigenvalue weighted by Gasteiger charge is 2.12. The predicted molar refractivity (Wildman–Crippen MR) is 127 cm³/mol. The molecule has 6 nitrogen and oxygen atoms in total. The molecule has 0 atom stereocenters. The fraction of sp³-hybridized carbons (Fsp3) is 0.231. The molecule has 3 aromatic carbocycles. The zero-order valence-corrected chi connectivity index (χ0v) is 18.6. The van der Waals surface area contributed by atoms with E-state index in [1.807, 2.05) is 30.3 Å². The van der Waals surface area contributed by atoms with Crippen molar-refractivity contribution in [3.63, 3.8) is 0 Å². The van der Waals surface area contributed by atoms with Gasteiger partial charge in [0.05, 0.1) is 25.3 Å². The molecule has 0 aliphatic heterocycles. The van der Waals surface area contributed by atoms with Crippen molar-refractivity contribution in [1.29, 1.82) is 0 Å². The number of para-hydroxylation sites is 2. The van der Waals surface area contributed by atoms with Crippen LogP contribution in [0.2, 0.25) is 0 Å². The molecule has 0 saturated heterocycles. The number of amides is 1. The smallest absolute Gasteiger partial charge is 0.255 e. The second kappa shape index (κ2) is 9.56. The quantitative estimate of drug-likeness (QED) is 0.423. The number of fused-ring (bicyclic) bond motifs is 1. The predicted octanol–water partition coefficient (Wildman–Crippen LogP) is 5.11. The lowest BCUT2D eigenvalue weighted by atomic mass is 10.1. The van der Waals surface area contributed by atoms with Crippen molar-refractivity contribution in [2.45, 2.75) is 26.3 Å². The summed E-state index contributed by atoms with van der Waals surface area (Å²) in [7, 11) is 3.12. The summed E-state index contributed by atoms with van der Waals surface area (Å²) < 4.78 is 12.8. The number of rotatable bonds is 8. The molecular formula is C26H27N3O3. The molecule has 0 unspecified atom stereocenters. The maximum absolute atomic E-state index is 12.6. The SMILES string of the molecule is CCn1c(CCc2ccc(NC(=O)c3ccc(OC)c(OC)c3)cc2)nc2ccccc21. The number of aromatic nitrogens is 2. The number of nitrogens with one attached hydrogen (secondary N) is 1. The first-order valence-electron chi connectivity index (χ1n) is 10.7. The Morgan fingerprint density at radius 1 is 0.938 bits per heavy atom. The van der Waals surface area contributed by atoms with Crippen molar-refractivity contribution in [1.82, 2.24) is 9.55 Å². The summed E-state index contributed by atoms with van der Waals surface area (Å²) in [6.45, 7) is 3.05. The second-order valence-corrected chi connectivity index (χ2v) is 7.48. The van der Waals surface area contributed by atoms with Gasteiger partial charge in [0.1, 0.15) is 5.82 Å². The van der Waals surface area contributed by atoms with E-state index >= 15 is 0 Å². The van der Waals surface area contributed by atoms with E-state index in [2.05, 4.69) is 35.0 Å². The van der Waals surface area contributed by atoms with Gasteiger partial charge in [-0.05, 0) is 61.4 Å². The monoisotopic (exact) mass is 429 g/mol. The van der Waals surface area contributed by atoms with Gasteiger partial charge in [0, 0.05) is 24.2 Å². The maximum Gasteiger partial charge on any atom is 0.255 e. The van der Waals surface area contributed by atoms with Crippen molar-refractivity contribution in [2.24, 2.45) is 0 Å². The third-order valence-corrected chi connectivity index (χ3v) is 5.54. The number of imidazole rings is 1. The number of nitrogens with zero attached hydrogens (tertiary/aromatic N) is 2. The molecule has 0 fully saturated rings. The summed E-state index contributed by atoms with van der Waals surface area (Å²) >= 11 is 0. The fourth-order valence-electron chi connectivity index (χ4n) is 3.86. The van der Waals surface area contributed by atoms with Crippen molar-refractivity contribution in [2.75, 3.05) is 19.5 Å². The molecule has 0 aliphatic carbocycles. The van der Waals surface area contributed by atoms with Gasteiger partial charge in [0.15, 0.2) is 11.5 Å².